The van der Waals surface area contributed by atoms with E-state index in [2.05, 4.69) is 19.8 Å². The first-order valence-electron chi connectivity index (χ1n) is 9.27. The Bertz CT molecular complexity index is 1090. The molecule has 0 radical (unpaired) electrons. The second-order valence-corrected chi connectivity index (χ2v) is 8.17. The van der Waals surface area contributed by atoms with Crippen LogP contribution in [0.3, 0.4) is 0 Å². The molecule has 6 N–H and O–H groups in total. The second-order valence-electron chi connectivity index (χ2n) is 6.98. The smallest absolute Gasteiger partial charge is 0.387 e. The molecule has 2 aromatic heterocycles. The van der Waals surface area contributed by atoms with Crippen LogP contribution in [-0.4, -0.2) is 64.2 Å². The van der Waals surface area contributed by atoms with E-state index in [-0.39, 0.29) is 0 Å². The molecule has 0 bridgehead atoms. The molecule has 0 amide bonds. The third kappa shape index (κ3) is 4.61. The zero-order valence-electron chi connectivity index (χ0n) is 16.0. The van der Waals surface area contributed by atoms with Crippen molar-refractivity contribution in [3.63, 3.8) is 0 Å². The largest absolute Gasteiger partial charge is 0.472 e. The van der Waals surface area contributed by atoms with E-state index in [4.69, 9.17) is 14.5 Å². The molecular weight excluding hydrogens is 431 g/mol. The van der Waals surface area contributed by atoms with Gasteiger partial charge in [-0.25, -0.2) is 14.5 Å². The summed E-state index contributed by atoms with van der Waals surface area (Å²) in [5.74, 6) is 0.544. The number of aliphatic hydroxyl groups is 3. The van der Waals surface area contributed by atoms with Gasteiger partial charge in [0.2, 0.25) is 0 Å². The monoisotopic (exact) mass is 452 g/mol. The molecule has 5 atom stereocenters. The number of nitrogens with zero attached hydrogens (tertiary/aromatic N) is 3. The van der Waals surface area contributed by atoms with E-state index >= 15 is 0 Å². The predicted octanol–water partition coefficient (Wildman–Crippen LogP) is 0.0903. The lowest BCUT2D eigenvalue weighted by Gasteiger charge is -2.21. The number of benzene rings is 1. The summed E-state index contributed by atoms with van der Waals surface area (Å²) in [7, 11) is -5.04. The number of nitrogens with one attached hydrogen (secondary N) is 1. The zero-order valence-corrected chi connectivity index (χ0v) is 16.9. The zero-order chi connectivity index (χ0) is 22.2. The molecule has 4 rings (SSSR count). The first-order valence-corrected chi connectivity index (χ1v) is 10.8. The van der Waals surface area contributed by atoms with E-state index in [0.717, 1.165) is 5.56 Å². The van der Waals surface area contributed by atoms with E-state index in [1.165, 1.54) is 10.9 Å². The number of ether oxygens (including phenoxy) is 1. The molecule has 12 nitrogen and oxygen atoms in total. The Hall–Kier alpha value is -2.41. The van der Waals surface area contributed by atoms with Crippen LogP contribution in [0.15, 0.2) is 48.9 Å². The van der Waals surface area contributed by atoms with Gasteiger partial charge in [0.05, 0.1) is 5.39 Å². The molecule has 1 aromatic carbocycles. The fourth-order valence-electron chi connectivity index (χ4n) is 3.45. The highest BCUT2D eigenvalue weighted by Crippen LogP contribution is 2.41. The Morgan fingerprint density at radius 1 is 1.16 bits per heavy atom. The van der Waals surface area contributed by atoms with Crippen molar-refractivity contribution in [3.8, 4) is 0 Å². The van der Waals surface area contributed by atoms with Crippen molar-refractivity contribution in [2.24, 2.45) is 0 Å². The number of anilines is 1. The summed E-state index contributed by atoms with van der Waals surface area (Å²) in [5, 5.41) is 34.3. The van der Waals surface area contributed by atoms with Crippen molar-refractivity contribution in [3.05, 3.63) is 54.5 Å². The Morgan fingerprint density at radius 3 is 2.61 bits per heavy atom. The van der Waals surface area contributed by atoms with Crippen LogP contribution in [0.1, 0.15) is 11.8 Å². The number of rotatable bonds is 7. The topological polar surface area (TPSA) is 179 Å². The maximum atomic E-state index is 11.0. The molecule has 1 saturated heterocycles. The first kappa shape index (κ1) is 21.8. The highest BCUT2D eigenvalue weighted by atomic mass is 31.2. The van der Waals surface area contributed by atoms with Gasteiger partial charge >= 0.3 is 7.82 Å². The van der Waals surface area contributed by atoms with E-state index in [1.54, 1.807) is 12.3 Å². The maximum Gasteiger partial charge on any atom is 0.472 e. The van der Waals surface area contributed by atoms with Gasteiger partial charge in [-0.2, -0.15) is 0 Å². The summed E-state index contributed by atoms with van der Waals surface area (Å²) < 4.78 is 22.0. The molecule has 31 heavy (non-hydrogen) atoms. The van der Waals surface area contributed by atoms with Crippen LogP contribution in [0.5, 0.6) is 0 Å². The average Bonchev–Trinajstić information content (AvgIpc) is 3.28. The van der Waals surface area contributed by atoms with Crippen LogP contribution < -0.4 is 5.32 Å². The van der Waals surface area contributed by atoms with E-state index < -0.39 is 38.7 Å². The molecule has 0 aliphatic carbocycles. The molecule has 3 aromatic rings. The molecule has 13 heteroatoms. The molecular formula is C18H21N4O8P. The minimum atomic E-state index is -5.04. The van der Waals surface area contributed by atoms with Crippen molar-refractivity contribution in [2.75, 3.05) is 5.32 Å². The number of aromatic nitrogens is 3. The van der Waals surface area contributed by atoms with Gasteiger partial charge in [-0.1, -0.05) is 30.3 Å². The Balaban J connectivity index is 1.56. The minimum Gasteiger partial charge on any atom is -0.387 e. The molecule has 1 aliphatic rings. The van der Waals surface area contributed by atoms with Crippen LogP contribution >= 0.6 is 7.82 Å². The van der Waals surface area contributed by atoms with Crippen LogP contribution in [0.4, 0.5) is 5.82 Å². The molecule has 0 spiro atoms. The Kier molecular flexibility index (Phi) is 6.06. The fraction of sp³-hybridized carbons (Fsp3) is 0.333. The molecule has 2 unspecified atom stereocenters. The summed E-state index contributed by atoms with van der Waals surface area (Å²) in [6.45, 7) is 0.521. The van der Waals surface area contributed by atoms with Crippen LogP contribution in [0, 0.1) is 0 Å². The van der Waals surface area contributed by atoms with Crippen molar-refractivity contribution in [2.45, 2.75) is 37.4 Å². The van der Waals surface area contributed by atoms with Crippen molar-refractivity contribution >= 4 is 24.7 Å². The molecule has 1 aliphatic heterocycles. The van der Waals surface area contributed by atoms with Crippen molar-refractivity contribution in [1.29, 1.82) is 0 Å². The fourth-order valence-corrected chi connectivity index (χ4v) is 3.85. The number of fused-ring (bicyclic) bond motifs is 1. The third-order valence-electron chi connectivity index (χ3n) is 4.89. The van der Waals surface area contributed by atoms with Gasteiger partial charge < -0.3 is 39.7 Å². The highest BCUT2D eigenvalue weighted by molar-refractivity contribution is 7.46. The SMILES string of the molecule is O=P(O)(O)OC(O)[C@H]1OC(n2ccc3c(NCc4ccccc4)ncnc32)[C@H](O)[C@@H]1O. The Morgan fingerprint density at radius 2 is 1.90 bits per heavy atom. The van der Waals surface area contributed by atoms with E-state index in [9.17, 15) is 19.9 Å². The van der Waals surface area contributed by atoms with E-state index in [0.29, 0.717) is 23.4 Å². The number of aliphatic hydroxyl groups excluding tert-OH is 3. The van der Waals surface area contributed by atoms with Gasteiger partial charge in [0.1, 0.15) is 36.1 Å². The van der Waals surface area contributed by atoms with Gasteiger partial charge in [0.15, 0.2) is 12.5 Å². The van der Waals surface area contributed by atoms with E-state index in [1.807, 2.05) is 30.3 Å². The first-order chi connectivity index (χ1) is 14.7. The standard InChI is InChI=1S/C18H21N4O8P/c23-12-13(24)17(29-14(12)18(25)30-31(26,27)28)22-7-6-11-15(20-9-21-16(11)22)19-8-10-4-2-1-3-5-10/h1-7,9,12-14,17-18,23-25H,8H2,(H,19,20,21)(H2,26,27,28)/t12-,13+,14-,17?,18?/m0/s1. The highest BCUT2D eigenvalue weighted by Gasteiger charge is 2.49. The number of hydrogen-bond donors (Lipinski definition) is 6. The van der Waals surface area contributed by atoms with Crippen molar-refractivity contribution < 1.29 is 38.9 Å². The lowest BCUT2D eigenvalue weighted by molar-refractivity contribution is -0.160. The number of phosphoric acid groups is 1. The maximum absolute atomic E-state index is 11.0. The van der Waals surface area contributed by atoms with Crippen molar-refractivity contribution in [1.82, 2.24) is 14.5 Å². The molecule has 3 heterocycles. The van der Waals surface area contributed by atoms with Gasteiger partial charge in [-0.05, 0) is 11.6 Å². The Labute approximate surface area is 176 Å². The summed E-state index contributed by atoms with van der Waals surface area (Å²) >= 11 is 0. The quantitative estimate of drug-likeness (QED) is 0.211. The van der Waals surface area contributed by atoms with Crippen LogP contribution in [-0.2, 0) is 20.4 Å². The number of hydrogen-bond acceptors (Lipinski definition) is 9. The average molecular weight is 452 g/mol. The molecule has 0 saturated carbocycles. The summed E-state index contributed by atoms with van der Waals surface area (Å²) in [6, 6.07) is 11.4. The second kappa shape index (κ2) is 8.61. The van der Waals surface area contributed by atoms with Crippen LogP contribution in [0.2, 0.25) is 0 Å². The number of phosphoric ester groups is 1. The summed E-state index contributed by atoms with van der Waals surface area (Å²) in [6.07, 6.45) is -5.24. The molecule has 1 fully saturated rings. The summed E-state index contributed by atoms with van der Waals surface area (Å²) in [5.41, 5.74) is 1.43. The third-order valence-corrected chi connectivity index (χ3v) is 5.38. The van der Waals surface area contributed by atoms with Gasteiger partial charge in [0.25, 0.3) is 0 Å². The lowest BCUT2D eigenvalue weighted by Crippen LogP contribution is -2.39. The van der Waals surface area contributed by atoms with Gasteiger partial charge in [-0.3, -0.25) is 4.52 Å². The lowest BCUT2D eigenvalue weighted by atomic mass is 10.1. The van der Waals surface area contributed by atoms with Crippen LogP contribution in [0.25, 0.3) is 11.0 Å². The van der Waals surface area contributed by atoms with Gasteiger partial charge in [0, 0.05) is 12.7 Å². The minimum absolute atomic E-state index is 0.382. The predicted molar refractivity (Wildman–Crippen MR) is 106 cm³/mol. The summed E-state index contributed by atoms with van der Waals surface area (Å²) in [4.78, 5) is 26.2. The van der Waals surface area contributed by atoms with Gasteiger partial charge in [-0.15, -0.1) is 0 Å². The molecule has 166 valence electrons. The normalized spacial score (nSPS) is 25.1.